The molecule has 0 amide bonds. The van der Waals surface area contributed by atoms with Crippen molar-refractivity contribution in [1.82, 2.24) is 14.5 Å². The van der Waals surface area contributed by atoms with Gasteiger partial charge in [-0.25, -0.2) is 0 Å². The Morgan fingerprint density at radius 1 is 1.14 bits per heavy atom. The van der Waals surface area contributed by atoms with E-state index in [-0.39, 0.29) is 0 Å². The lowest BCUT2D eigenvalue weighted by molar-refractivity contribution is -0.141. The first-order chi connectivity index (χ1) is 13.7. The van der Waals surface area contributed by atoms with Gasteiger partial charge < -0.3 is 9.47 Å². The molecule has 7 heteroatoms. The van der Waals surface area contributed by atoms with Crippen molar-refractivity contribution in [1.29, 1.82) is 0 Å². The van der Waals surface area contributed by atoms with E-state index < -0.39 is 11.9 Å². The average molecular weight is 420 g/mol. The van der Waals surface area contributed by atoms with Crippen LogP contribution in [0.4, 0.5) is 13.2 Å². The van der Waals surface area contributed by atoms with Crippen molar-refractivity contribution in [2.24, 2.45) is 0 Å². The second kappa shape index (κ2) is 7.50. The average Bonchev–Trinajstić information content (AvgIpc) is 2.81. The minimum Gasteiger partial charge on any atom is -0.320 e. The lowest BCUT2D eigenvalue weighted by Gasteiger charge is -2.13. The summed E-state index contributed by atoms with van der Waals surface area (Å²) in [6.07, 6.45) is 0.668. The molecule has 1 aliphatic rings. The fourth-order valence-electron chi connectivity index (χ4n) is 3.88. The Bertz CT molecular complexity index is 1080. The number of hydrogen-bond acceptors (Lipinski definition) is 2. The van der Waals surface area contributed by atoms with Gasteiger partial charge in [0.2, 0.25) is 0 Å². The van der Waals surface area contributed by atoms with Crippen LogP contribution in [0.15, 0.2) is 36.5 Å². The molecule has 3 aromatic rings. The summed E-state index contributed by atoms with van der Waals surface area (Å²) in [5.74, 6) is 0. The molecule has 4 rings (SSSR count). The van der Waals surface area contributed by atoms with E-state index in [0.717, 1.165) is 48.5 Å². The van der Waals surface area contributed by atoms with Crippen molar-refractivity contribution >= 4 is 34.3 Å². The van der Waals surface area contributed by atoms with Crippen molar-refractivity contribution in [3.63, 3.8) is 0 Å². The molecule has 2 aromatic heterocycles. The molecule has 0 N–H and O–H groups in total. The molecule has 0 atom stereocenters. The van der Waals surface area contributed by atoms with Crippen molar-refractivity contribution in [2.75, 3.05) is 20.1 Å². The number of benzene rings is 1. The molecule has 29 heavy (non-hydrogen) atoms. The van der Waals surface area contributed by atoms with Crippen molar-refractivity contribution < 1.29 is 13.2 Å². The molecule has 0 bridgehead atoms. The molecule has 0 unspecified atom stereocenters. The van der Waals surface area contributed by atoms with Gasteiger partial charge >= 0.3 is 6.18 Å². The van der Waals surface area contributed by atoms with E-state index >= 15 is 0 Å². The maximum atomic E-state index is 12.8. The predicted molar refractivity (Wildman–Crippen MR) is 111 cm³/mol. The number of allylic oxidation sites excluding steroid dienone is 1. The van der Waals surface area contributed by atoms with Crippen LogP contribution in [0.1, 0.15) is 29.4 Å². The van der Waals surface area contributed by atoms with Crippen LogP contribution in [0, 0.1) is 0 Å². The van der Waals surface area contributed by atoms with Gasteiger partial charge in [0.05, 0.1) is 5.52 Å². The fraction of sp³-hybridized carbons (Fsp3) is 0.318. The summed E-state index contributed by atoms with van der Waals surface area (Å²) in [5, 5.41) is 1.83. The highest BCUT2D eigenvalue weighted by molar-refractivity contribution is 6.31. The predicted octanol–water partition coefficient (Wildman–Crippen LogP) is 5.76. The number of hydrogen-bond donors (Lipinski definition) is 0. The summed E-state index contributed by atoms with van der Waals surface area (Å²) < 4.78 is 40.5. The van der Waals surface area contributed by atoms with Gasteiger partial charge in [0.25, 0.3) is 0 Å². The minimum atomic E-state index is -4.44. The number of halogens is 4. The molecule has 0 radical (unpaired) electrons. The zero-order chi connectivity index (χ0) is 20.8. The largest absolute Gasteiger partial charge is 0.433 e. The van der Waals surface area contributed by atoms with Crippen LogP contribution in [0.2, 0.25) is 5.02 Å². The van der Waals surface area contributed by atoms with E-state index in [4.69, 9.17) is 11.6 Å². The third-order valence-corrected chi connectivity index (χ3v) is 5.72. The van der Waals surface area contributed by atoms with E-state index in [9.17, 15) is 13.2 Å². The molecule has 3 nitrogen and oxygen atoms in total. The van der Waals surface area contributed by atoms with Crippen LogP contribution in [-0.2, 0) is 19.0 Å². The van der Waals surface area contributed by atoms with E-state index in [0.29, 0.717) is 10.6 Å². The minimum absolute atomic E-state index is 0.660. The Morgan fingerprint density at radius 3 is 2.59 bits per heavy atom. The Hall–Kier alpha value is -2.31. The molecule has 152 valence electrons. The molecule has 0 saturated heterocycles. The fourth-order valence-corrected chi connectivity index (χ4v) is 4.05. The van der Waals surface area contributed by atoms with Crippen molar-refractivity contribution in [3.8, 4) is 0 Å². The molecular formula is C22H21ClF3N3. The molecule has 1 aliphatic heterocycles. The Morgan fingerprint density at radius 2 is 1.90 bits per heavy atom. The monoisotopic (exact) mass is 419 g/mol. The van der Waals surface area contributed by atoms with Gasteiger partial charge in [0, 0.05) is 48.0 Å². The Labute approximate surface area is 172 Å². The highest BCUT2D eigenvalue weighted by Crippen LogP contribution is 2.33. The summed E-state index contributed by atoms with van der Waals surface area (Å²) in [4.78, 5) is 5.89. The van der Waals surface area contributed by atoms with Crippen LogP contribution >= 0.6 is 11.6 Å². The summed E-state index contributed by atoms with van der Waals surface area (Å²) in [5.41, 5.74) is 4.20. The highest BCUT2D eigenvalue weighted by Gasteiger charge is 2.32. The molecular weight excluding hydrogens is 399 g/mol. The maximum Gasteiger partial charge on any atom is 0.433 e. The van der Waals surface area contributed by atoms with Gasteiger partial charge in [-0.05, 0) is 61.4 Å². The number of rotatable bonds is 2. The summed E-state index contributed by atoms with van der Waals surface area (Å²) in [7, 11) is 2.11. The van der Waals surface area contributed by atoms with Gasteiger partial charge in [-0.3, -0.25) is 4.98 Å². The Kier molecular flexibility index (Phi) is 5.17. The zero-order valence-electron chi connectivity index (χ0n) is 16.2. The van der Waals surface area contributed by atoms with Crippen molar-refractivity contribution in [2.45, 2.75) is 25.9 Å². The van der Waals surface area contributed by atoms with E-state index in [2.05, 4.69) is 21.5 Å². The molecule has 3 heterocycles. The number of pyridine rings is 1. The quantitative estimate of drug-likeness (QED) is 0.526. The number of likely N-dealkylation sites (N-methyl/N-ethyl adjacent to an activating group) is 1. The smallest absolute Gasteiger partial charge is 0.320 e. The van der Waals surface area contributed by atoms with Crippen LogP contribution in [0.5, 0.6) is 0 Å². The topological polar surface area (TPSA) is 21.1 Å². The van der Waals surface area contributed by atoms with Gasteiger partial charge in [-0.2, -0.15) is 13.2 Å². The first kappa shape index (κ1) is 20.0. The molecule has 0 saturated carbocycles. The van der Waals surface area contributed by atoms with Crippen LogP contribution in [-0.4, -0.2) is 34.6 Å². The number of alkyl halides is 3. The highest BCUT2D eigenvalue weighted by atomic mass is 35.5. The zero-order valence-corrected chi connectivity index (χ0v) is 17.0. The van der Waals surface area contributed by atoms with Gasteiger partial charge in [-0.1, -0.05) is 17.7 Å². The van der Waals surface area contributed by atoms with Gasteiger partial charge in [0.1, 0.15) is 5.69 Å². The summed E-state index contributed by atoms with van der Waals surface area (Å²) >= 11 is 6.26. The molecule has 0 spiro atoms. The lowest BCUT2D eigenvalue weighted by atomic mass is 10.1. The Balaban J connectivity index is 1.81. The first-order valence-electron chi connectivity index (χ1n) is 9.46. The number of fused-ring (bicyclic) bond motifs is 3. The van der Waals surface area contributed by atoms with Gasteiger partial charge in [0.15, 0.2) is 0 Å². The second-order valence-corrected chi connectivity index (χ2v) is 7.94. The van der Waals surface area contributed by atoms with E-state index in [1.807, 2.05) is 31.3 Å². The van der Waals surface area contributed by atoms with E-state index in [1.165, 1.54) is 23.5 Å². The lowest BCUT2D eigenvalue weighted by Crippen LogP contribution is -2.21. The van der Waals surface area contributed by atoms with Crippen LogP contribution in [0.3, 0.4) is 0 Å². The van der Waals surface area contributed by atoms with E-state index in [1.54, 1.807) is 0 Å². The third-order valence-electron chi connectivity index (χ3n) is 5.49. The summed E-state index contributed by atoms with van der Waals surface area (Å²) in [6.45, 7) is 3.82. The standard InChI is InChI=1S/C22H21ClF3N3/c1-14(15-3-6-21(27-12-15)22(24,25)26)13-29-19-5-4-16(23)11-18(19)17-7-9-28(2)10-8-20(17)29/h3-6,11-13H,7-10H2,1-2H3. The third kappa shape index (κ3) is 3.91. The maximum absolute atomic E-state index is 12.8. The summed E-state index contributed by atoms with van der Waals surface area (Å²) in [6, 6.07) is 8.37. The van der Waals surface area contributed by atoms with Crippen molar-refractivity contribution in [3.05, 3.63) is 64.1 Å². The van der Waals surface area contributed by atoms with Gasteiger partial charge in [-0.15, -0.1) is 0 Å². The molecule has 1 aromatic carbocycles. The number of aromatic nitrogens is 2. The number of nitrogens with zero attached hydrogens (tertiary/aromatic N) is 3. The van der Waals surface area contributed by atoms with Crippen LogP contribution < -0.4 is 0 Å². The first-order valence-corrected chi connectivity index (χ1v) is 9.83. The molecule has 0 fully saturated rings. The SMILES string of the molecule is CC(=Cn1c2c(c3cc(Cl)ccc31)CCN(C)CC2)c1ccc(C(F)(F)F)nc1. The molecule has 0 aliphatic carbocycles. The second-order valence-electron chi connectivity index (χ2n) is 7.50. The van der Waals surface area contributed by atoms with Crippen LogP contribution in [0.25, 0.3) is 22.7 Å². The normalized spacial score (nSPS) is 16.1.